The van der Waals surface area contributed by atoms with Gasteiger partial charge in [-0.1, -0.05) is 29.5 Å². The van der Waals surface area contributed by atoms with Gasteiger partial charge in [0.15, 0.2) is 17.3 Å². The summed E-state index contributed by atoms with van der Waals surface area (Å²) in [5, 5.41) is 4.39. The van der Waals surface area contributed by atoms with Crippen LogP contribution in [0.25, 0.3) is 22.4 Å². The molecule has 0 aliphatic carbocycles. The molecular formula is C21H19N3O5S. The molecule has 0 atom stereocenters. The minimum Gasteiger partial charge on any atom is -0.496 e. The molecule has 2 aromatic heterocycles. The van der Waals surface area contributed by atoms with E-state index < -0.39 is 0 Å². The normalized spacial score (nSPS) is 11.7. The van der Waals surface area contributed by atoms with E-state index in [4.69, 9.17) is 18.9 Å². The van der Waals surface area contributed by atoms with Gasteiger partial charge in [-0.3, -0.25) is 4.79 Å². The van der Waals surface area contributed by atoms with Crippen LogP contribution in [-0.4, -0.2) is 43.0 Å². The van der Waals surface area contributed by atoms with E-state index in [1.165, 1.54) is 37.2 Å². The van der Waals surface area contributed by atoms with Gasteiger partial charge in [0, 0.05) is 11.1 Å². The number of hydrogen-bond acceptors (Lipinski definition) is 8. The van der Waals surface area contributed by atoms with E-state index in [0.29, 0.717) is 43.9 Å². The summed E-state index contributed by atoms with van der Waals surface area (Å²) < 4.78 is 23.3. The molecular weight excluding hydrogens is 406 g/mol. The molecule has 0 N–H and O–H groups in total. The number of ether oxygens (including phenoxy) is 4. The van der Waals surface area contributed by atoms with E-state index >= 15 is 0 Å². The molecule has 0 amide bonds. The molecule has 0 radical (unpaired) electrons. The molecule has 0 aliphatic heterocycles. The molecule has 0 saturated carbocycles. The van der Waals surface area contributed by atoms with Crippen LogP contribution < -0.4 is 29.0 Å². The molecule has 0 fully saturated rings. The van der Waals surface area contributed by atoms with E-state index in [-0.39, 0.29) is 5.56 Å². The van der Waals surface area contributed by atoms with E-state index in [1.807, 2.05) is 24.3 Å². The SMILES string of the molecule is COc1ccccc1C=c1sc2nc(-c3cc(OC)c(OC)c(OC)c3)nn2c1=O. The van der Waals surface area contributed by atoms with E-state index in [1.54, 1.807) is 25.3 Å². The smallest absolute Gasteiger partial charge is 0.291 e. The minimum absolute atomic E-state index is 0.243. The quantitative estimate of drug-likeness (QED) is 0.469. The summed E-state index contributed by atoms with van der Waals surface area (Å²) in [6, 6.07) is 11.0. The Bertz CT molecular complexity index is 1300. The summed E-state index contributed by atoms with van der Waals surface area (Å²) >= 11 is 1.26. The van der Waals surface area contributed by atoms with Crippen molar-refractivity contribution in [3.05, 3.63) is 56.8 Å². The van der Waals surface area contributed by atoms with Crippen molar-refractivity contribution in [3.8, 4) is 34.4 Å². The Balaban J connectivity index is 1.82. The highest BCUT2D eigenvalue weighted by molar-refractivity contribution is 7.15. The standard InChI is InChI=1S/C21H19N3O5S/c1-26-14-8-6-5-7-12(14)11-17-20(25)24-21(30-17)22-19(23-24)13-9-15(27-2)18(29-4)16(10-13)28-3/h5-11H,1-4H3. The topological polar surface area (TPSA) is 84.2 Å². The second kappa shape index (κ2) is 8.03. The molecule has 0 unspecified atom stereocenters. The van der Waals surface area contributed by atoms with Gasteiger partial charge in [-0.2, -0.15) is 9.50 Å². The Morgan fingerprint density at radius 2 is 1.60 bits per heavy atom. The van der Waals surface area contributed by atoms with E-state index in [2.05, 4.69) is 10.1 Å². The molecule has 0 saturated heterocycles. The van der Waals surface area contributed by atoms with Gasteiger partial charge in [0.1, 0.15) is 5.75 Å². The van der Waals surface area contributed by atoms with Gasteiger partial charge in [0.05, 0.1) is 33.0 Å². The monoisotopic (exact) mass is 425 g/mol. The Labute approximate surface area is 175 Å². The van der Waals surface area contributed by atoms with Crippen LogP contribution in [0.4, 0.5) is 0 Å². The average Bonchev–Trinajstić information content (AvgIpc) is 3.32. The summed E-state index contributed by atoms with van der Waals surface area (Å²) in [6.45, 7) is 0. The first-order valence-electron chi connectivity index (χ1n) is 8.94. The van der Waals surface area contributed by atoms with Crippen LogP contribution in [-0.2, 0) is 0 Å². The third-order valence-corrected chi connectivity index (χ3v) is 5.49. The highest BCUT2D eigenvalue weighted by Crippen LogP contribution is 2.40. The van der Waals surface area contributed by atoms with Crippen molar-refractivity contribution >= 4 is 22.4 Å². The predicted octanol–water partition coefficient (Wildman–Crippen LogP) is 2.40. The number of hydrogen-bond donors (Lipinski definition) is 0. The van der Waals surface area contributed by atoms with Crippen molar-refractivity contribution in [2.45, 2.75) is 0 Å². The van der Waals surface area contributed by atoms with Crippen molar-refractivity contribution in [1.29, 1.82) is 0 Å². The lowest BCUT2D eigenvalue weighted by atomic mass is 10.1. The third kappa shape index (κ3) is 3.33. The Morgan fingerprint density at radius 3 is 2.20 bits per heavy atom. The van der Waals surface area contributed by atoms with Crippen molar-refractivity contribution < 1.29 is 18.9 Å². The van der Waals surface area contributed by atoms with Crippen LogP contribution in [0.2, 0.25) is 0 Å². The van der Waals surface area contributed by atoms with Crippen LogP contribution in [0.3, 0.4) is 0 Å². The maximum atomic E-state index is 12.9. The fourth-order valence-electron chi connectivity index (χ4n) is 3.09. The fourth-order valence-corrected chi connectivity index (χ4v) is 3.99. The molecule has 2 heterocycles. The molecule has 0 aliphatic rings. The van der Waals surface area contributed by atoms with Crippen LogP contribution in [0.5, 0.6) is 23.0 Å². The average molecular weight is 425 g/mol. The zero-order valence-corrected chi connectivity index (χ0v) is 17.6. The van der Waals surface area contributed by atoms with Crippen LogP contribution in [0.15, 0.2) is 41.2 Å². The minimum atomic E-state index is -0.243. The second-order valence-corrected chi connectivity index (χ2v) is 7.21. The van der Waals surface area contributed by atoms with Gasteiger partial charge in [0.2, 0.25) is 10.7 Å². The lowest BCUT2D eigenvalue weighted by Gasteiger charge is -2.12. The second-order valence-electron chi connectivity index (χ2n) is 6.20. The number of fused-ring (bicyclic) bond motifs is 1. The highest BCUT2D eigenvalue weighted by Gasteiger charge is 2.18. The number of para-hydroxylation sites is 1. The van der Waals surface area contributed by atoms with Crippen molar-refractivity contribution in [2.75, 3.05) is 28.4 Å². The summed E-state index contributed by atoms with van der Waals surface area (Å²) in [5.41, 5.74) is 1.22. The van der Waals surface area contributed by atoms with E-state index in [9.17, 15) is 4.79 Å². The Morgan fingerprint density at radius 1 is 0.933 bits per heavy atom. The van der Waals surface area contributed by atoms with Gasteiger partial charge < -0.3 is 18.9 Å². The molecule has 154 valence electrons. The zero-order chi connectivity index (χ0) is 21.3. The van der Waals surface area contributed by atoms with Gasteiger partial charge >= 0.3 is 0 Å². The lowest BCUT2D eigenvalue weighted by molar-refractivity contribution is 0.324. The van der Waals surface area contributed by atoms with Crippen LogP contribution >= 0.6 is 11.3 Å². The first-order valence-corrected chi connectivity index (χ1v) is 9.76. The summed E-state index contributed by atoms with van der Waals surface area (Å²) in [5.74, 6) is 2.52. The largest absolute Gasteiger partial charge is 0.496 e. The predicted molar refractivity (Wildman–Crippen MR) is 114 cm³/mol. The summed E-state index contributed by atoms with van der Waals surface area (Å²) in [6.07, 6.45) is 1.78. The molecule has 9 heteroatoms. The van der Waals surface area contributed by atoms with Crippen LogP contribution in [0, 0.1) is 0 Å². The molecule has 0 bridgehead atoms. The molecule has 2 aromatic carbocycles. The van der Waals surface area contributed by atoms with Crippen molar-refractivity contribution in [3.63, 3.8) is 0 Å². The van der Waals surface area contributed by atoms with Gasteiger partial charge in [-0.05, 0) is 24.3 Å². The number of thiazole rings is 1. The number of nitrogens with zero attached hydrogens (tertiary/aromatic N) is 3. The molecule has 8 nitrogen and oxygen atoms in total. The third-order valence-electron chi connectivity index (χ3n) is 4.53. The maximum absolute atomic E-state index is 12.9. The number of aromatic nitrogens is 3. The lowest BCUT2D eigenvalue weighted by Crippen LogP contribution is -2.23. The van der Waals surface area contributed by atoms with Crippen molar-refractivity contribution in [1.82, 2.24) is 14.6 Å². The van der Waals surface area contributed by atoms with Gasteiger partial charge in [0.25, 0.3) is 5.56 Å². The molecule has 0 spiro atoms. The summed E-state index contributed by atoms with van der Waals surface area (Å²) in [4.78, 5) is 17.9. The first kappa shape index (κ1) is 19.7. The fraction of sp³-hybridized carbons (Fsp3) is 0.190. The van der Waals surface area contributed by atoms with E-state index in [0.717, 1.165) is 5.56 Å². The molecule has 4 aromatic rings. The first-order chi connectivity index (χ1) is 14.6. The van der Waals surface area contributed by atoms with Crippen LogP contribution in [0.1, 0.15) is 5.56 Å². The summed E-state index contributed by atoms with van der Waals surface area (Å²) in [7, 11) is 6.21. The van der Waals surface area contributed by atoms with Crippen molar-refractivity contribution in [2.24, 2.45) is 0 Å². The number of methoxy groups -OCH3 is 4. The highest BCUT2D eigenvalue weighted by atomic mass is 32.1. The number of benzene rings is 2. The van der Waals surface area contributed by atoms with Gasteiger partial charge in [-0.25, -0.2) is 0 Å². The molecule has 4 rings (SSSR count). The molecule has 30 heavy (non-hydrogen) atoms. The van der Waals surface area contributed by atoms with Gasteiger partial charge in [-0.15, -0.1) is 5.10 Å². The Hall–Kier alpha value is -3.59. The zero-order valence-electron chi connectivity index (χ0n) is 16.8. The maximum Gasteiger partial charge on any atom is 0.291 e. The Kier molecular flexibility index (Phi) is 5.28. The number of rotatable bonds is 6.